The first-order valence-electron chi connectivity index (χ1n) is 7.59. The molecule has 0 radical (unpaired) electrons. The van der Waals surface area contributed by atoms with Crippen molar-refractivity contribution in [1.29, 1.82) is 0 Å². The molecule has 0 aromatic rings. The van der Waals surface area contributed by atoms with E-state index in [9.17, 15) is 4.79 Å². The Hall–Kier alpha value is -0.570. The molecule has 1 unspecified atom stereocenters. The van der Waals surface area contributed by atoms with Crippen molar-refractivity contribution in [3.8, 4) is 0 Å². The van der Waals surface area contributed by atoms with Crippen LogP contribution in [0.2, 0.25) is 0 Å². The lowest BCUT2D eigenvalue weighted by Gasteiger charge is -2.14. The smallest absolute Gasteiger partial charge is 0.221 e. The maximum atomic E-state index is 11.4. The van der Waals surface area contributed by atoms with Crippen LogP contribution in [-0.2, 0) is 4.79 Å². The van der Waals surface area contributed by atoms with Crippen LogP contribution in [0.3, 0.4) is 0 Å². The highest BCUT2D eigenvalue weighted by Crippen LogP contribution is 2.06. The van der Waals surface area contributed by atoms with Gasteiger partial charge in [0.15, 0.2) is 0 Å². The number of nitrogens with one attached hydrogen (secondary N) is 2. The summed E-state index contributed by atoms with van der Waals surface area (Å²) in [6.45, 7) is 9.22. The van der Waals surface area contributed by atoms with Crippen molar-refractivity contribution < 1.29 is 4.79 Å². The second-order valence-electron chi connectivity index (χ2n) is 5.53. The molecule has 108 valence electrons. The highest BCUT2D eigenvalue weighted by molar-refractivity contribution is 5.76. The van der Waals surface area contributed by atoms with E-state index in [1.54, 1.807) is 0 Å². The van der Waals surface area contributed by atoms with Crippen molar-refractivity contribution in [1.82, 2.24) is 10.6 Å². The van der Waals surface area contributed by atoms with Crippen molar-refractivity contribution in [3.63, 3.8) is 0 Å². The molecular formula is C15H32N2O. The van der Waals surface area contributed by atoms with Gasteiger partial charge in [-0.3, -0.25) is 4.79 Å². The monoisotopic (exact) mass is 256 g/mol. The normalized spacial score (nSPS) is 12.7. The number of hydrogen-bond donors (Lipinski definition) is 2. The number of rotatable bonds is 11. The number of amides is 1. The summed E-state index contributed by atoms with van der Waals surface area (Å²) < 4.78 is 0. The molecular weight excluding hydrogens is 224 g/mol. The minimum Gasteiger partial charge on any atom is -0.354 e. The van der Waals surface area contributed by atoms with E-state index < -0.39 is 0 Å². The fourth-order valence-corrected chi connectivity index (χ4v) is 1.98. The fourth-order valence-electron chi connectivity index (χ4n) is 1.98. The van der Waals surface area contributed by atoms with Crippen LogP contribution in [0, 0.1) is 0 Å². The topological polar surface area (TPSA) is 41.1 Å². The Kier molecular flexibility index (Phi) is 11.2. The van der Waals surface area contributed by atoms with E-state index in [0.29, 0.717) is 12.5 Å². The minimum atomic E-state index is 0.146. The number of carbonyl (C=O) groups excluding carboxylic acids is 1. The van der Waals surface area contributed by atoms with Gasteiger partial charge in [0, 0.05) is 25.0 Å². The number of carbonyl (C=O) groups is 1. The van der Waals surface area contributed by atoms with E-state index in [1.807, 2.05) is 13.8 Å². The summed E-state index contributed by atoms with van der Waals surface area (Å²) in [5.74, 6) is 0.146. The maximum absolute atomic E-state index is 11.4. The molecule has 18 heavy (non-hydrogen) atoms. The van der Waals surface area contributed by atoms with Crippen LogP contribution >= 0.6 is 0 Å². The third-order valence-corrected chi connectivity index (χ3v) is 3.04. The van der Waals surface area contributed by atoms with Crippen molar-refractivity contribution in [2.75, 3.05) is 6.54 Å². The summed E-state index contributed by atoms with van der Waals surface area (Å²) in [6.07, 6.45) is 8.46. The molecule has 0 aromatic carbocycles. The summed E-state index contributed by atoms with van der Waals surface area (Å²) in [5.41, 5.74) is 0. The maximum Gasteiger partial charge on any atom is 0.221 e. The number of hydrogen-bond acceptors (Lipinski definition) is 2. The molecule has 1 amide bonds. The zero-order chi connectivity index (χ0) is 13.8. The molecule has 0 spiro atoms. The average Bonchev–Trinajstić information content (AvgIpc) is 2.27. The van der Waals surface area contributed by atoms with E-state index in [4.69, 9.17) is 0 Å². The summed E-state index contributed by atoms with van der Waals surface area (Å²) in [6, 6.07) is 0.770. The first kappa shape index (κ1) is 17.4. The minimum absolute atomic E-state index is 0.146. The van der Waals surface area contributed by atoms with Crippen LogP contribution in [0.15, 0.2) is 0 Å². The molecule has 0 bridgehead atoms. The Morgan fingerprint density at radius 1 is 1.06 bits per heavy atom. The van der Waals surface area contributed by atoms with Crippen molar-refractivity contribution in [2.24, 2.45) is 0 Å². The first-order chi connectivity index (χ1) is 8.56. The van der Waals surface area contributed by atoms with Crippen molar-refractivity contribution in [3.05, 3.63) is 0 Å². The van der Waals surface area contributed by atoms with Gasteiger partial charge < -0.3 is 10.6 Å². The molecule has 0 fully saturated rings. The fraction of sp³-hybridized carbons (Fsp3) is 0.933. The van der Waals surface area contributed by atoms with E-state index >= 15 is 0 Å². The molecule has 0 saturated carbocycles. The highest BCUT2D eigenvalue weighted by atomic mass is 16.1. The van der Waals surface area contributed by atoms with Crippen LogP contribution in [0.5, 0.6) is 0 Å². The van der Waals surface area contributed by atoms with Crippen molar-refractivity contribution >= 4 is 5.91 Å². The molecule has 0 aromatic heterocycles. The molecule has 0 saturated heterocycles. The van der Waals surface area contributed by atoms with Crippen LogP contribution in [0.4, 0.5) is 0 Å². The van der Waals surface area contributed by atoms with Gasteiger partial charge >= 0.3 is 0 Å². The third-order valence-electron chi connectivity index (χ3n) is 3.04. The quantitative estimate of drug-likeness (QED) is 0.557. The lowest BCUT2D eigenvalue weighted by molar-refractivity contribution is -0.121. The standard InChI is InChI=1S/C15H32N2O/c1-5-6-7-8-9-10-14(4)16-12-11-15(18)17-13(2)3/h13-14,16H,5-12H2,1-4H3,(H,17,18). The second kappa shape index (κ2) is 11.5. The van der Waals surface area contributed by atoms with E-state index in [-0.39, 0.29) is 11.9 Å². The van der Waals surface area contributed by atoms with E-state index in [1.165, 1.54) is 38.5 Å². The van der Waals surface area contributed by atoms with Crippen LogP contribution in [-0.4, -0.2) is 24.5 Å². The third kappa shape index (κ3) is 11.9. The van der Waals surface area contributed by atoms with Crippen LogP contribution < -0.4 is 10.6 Å². The lowest BCUT2D eigenvalue weighted by atomic mass is 10.1. The van der Waals surface area contributed by atoms with Gasteiger partial charge in [-0.05, 0) is 27.2 Å². The molecule has 0 aliphatic rings. The van der Waals surface area contributed by atoms with E-state index in [2.05, 4.69) is 24.5 Å². The largest absolute Gasteiger partial charge is 0.354 e. The van der Waals surface area contributed by atoms with Gasteiger partial charge in [-0.1, -0.05) is 39.0 Å². The molecule has 3 nitrogen and oxygen atoms in total. The molecule has 1 atom stereocenters. The van der Waals surface area contributed by atoms with Gasteiger partial charge in [0.05, 0.1) is 0 Å². The number of unbranched alkanes of at least 4 members (excludes halogenated alkanes) is 4. The Labute approximate surface area is 113 Å². The summed E-state index contributed by atoms with van der Waals surface area (Å²) in [7, 11) is 0. The highest BCUT2D eigenvalue weighted by Gasteiger charge is 2.05. The lowest BCUT2D eigenvalue weighted by Crippen LogP contribution is -2.34. The predicted octanol–water partition coefficient (Wildman–Crippen LogP) is 3.24. The Bertz CT molecular complexity index is 205. The predicted molar refractivity (Wildman–Crippen MR) is 78.7 cm³/mol. The molecule has 3 heteroatoms. The zero-order valence-electron chi connectivity index (χ0n) is 12.7. The zero-order valence-corrected chi connectivity index (χ0v) is 12.7. The Balaban J connectivity index is 3.36. The second-order valence-corrected chi connectivity index (χ2v) is 5.53. The van der Waals surface area contributed by atoms with Crippen LogP contribution in [0.1, 0.15) is 72.6 Å². The van der Waals surface area contributed by atoms with Gasteiger partial charge in [0.25, 0.3) is 0 Å². The molecule has 0 aliphatic heterocycles. The summed E-state index contributed by atoms with van der Waals surface area (Å²) >= 11 is 0. The molecule has 2 N–H and O–H groups in total. The molecule has 0 rings (SSSR count). The van der Waals surface area contributed by atoms with Gasteiger partial charge in [0.2, 0.25) is 5.91 Å². The average molecular weight is 256 g/mol. The molecule has 0 aliphatic carbocycles. The van der Waals surface area contributed by atoms with Gasteiger partial charge in [0.1, 0.15) is 0 Å². The Morgan fingerprint density at radius 2 is 1.72 bits per heavy atom. The Morgan fingerprint density at radius 3 is 2.33 bits per heavy atom. The summed E-state index contributed by atoms with van der Waals surface area (Å²) in [5, 5.41) is 6.32. The van der Waals surface area contributed by atoms with E-state index in [0.717, 1.165) is 6.54 Å². The van der Waals surface area contributed by atoms with Gasteiger partial charge in [-0.25, -0.2) is 0 Å². The van der Waals surface area contributed by atoms with Crippen molar-refractivity contribution in [2.45, 2.75) is 84.7 Å². The van der Waals surface area contributed by atoms with Gasteiger partial charge in [-0.2, -0.15) is 0 Å². The molecule has 0 heterocycles. The van der Waals surface area contributed by atoms with Gasteiger partial charge in [-0.15, -0.1) is 0 Å². The summed E-state index contributed by atoms with van der Waals surface area (Å²) in [4.78, 5) is 11.4. The SMILES string of the molecule is CCCCCCCC(C)NCCC(=O)NC(C)C. The first-order valence-corrected chi connectivity index (χ1v) is 7.59. The van der Waals surface area contributed by atoms with Crippen LogP contribution in [0.25, 0.3) is 0 Å².